The Balaban J connectivity index is 2.36. The third-order valence-electron chi connectivity index (χ3n) is 5.29. The molecule has 0 saturated heterocycles. The van der Waals surface area contributed by atoms with Crippen LogP contribution in [0.25, 0.3) is 11.1 Å². The van der Waals surface area contributed by atoms with Crippen LogP contribution in [-0.4, -0.2) is 28.2 Å². The SMILES string of the molecule is CN(C)c1ccc(C2=C(C#N)C(=C(C#N)C#N)C(c3ccc(N(C)C)cc3)=C2C#N)cc1. The maximum atomic E-state index is 10.1. The summed E-state index contributed by atoms with van der Waals surface area (Å²) in [7, 11) is 7.69. The fourth-order valence-electron chi connectivity index (χ4n) is 3.67. The minimum Gasteiger partial charge on any atom is -0.378 e. The minimum atomic E-state index is -0.194. The van der Waals surface area contributed by atoms with Gasteiger partial charge in [-0.1, -0.05) is 24.3 Å². The standard InChI is InChI=1S/C26H20N6/c1-31(2)20-9-5-17(6-10-20)24-22(15-29)25(18-7-11-21(12-8-18)32(3)4)26(23(24)16-30)19(13-27)14-28/h5-12H,1-4H3. The third-order valence-corrected chi connectivity index (χ3v) is 5.29. The van der Waals surface area contributed by atoms with Gasteiger partial charge in [0.2, 0.25) is 0 Å². The monoisotopic (exact) mass is 416 g/mol. The zero-order valence-corrected chi connectivity index (χ0v) is 18.3. The van der Waals surface area contributed by atoms with Crippen LogP contribution >= 0.6 is 0 Å². The molecule has 0 N–H and O–H groups in total. The van der Waals surface area contributed by atoms with Gasteiger partial charge in [0.15, 0.2) is 0 Å². The zero-order valence-electron chi connectivity index (χ0n) is 18.3. The van der Waals surface area contributed by atoms with E-state index in [0.29, 0.717) is 22.3 Å². The Bertz CT molecular complexity index is 1310. The first-order chi connectivity index (χ1) is 15.4. The Hall–Kier alpha value is -4.78. The van der Waals surface area contributed by atoms with Crippen LogP contribution in [0.15, 0.2) is 70.8 Å². The summed E-state index contributed by atoms with van der Waals surface area (Å²) in [6, 6.07) is 23.1. The van der Waals surface area contributed by atoms with Gasteiger partial charge in [-0.15, -0.1) is 0 Å². The van der Waals surface area contributed by atoms with Gasteiger partial charge in [0.1, 0.15) is 29.8 Å². The lowest BCUT2D eigenvalue weighted by molar-refractivity contribution is 1.13. The molecular formula is C26H20N6. The van der Waals surface area contributed by atoms with Crippen LogP contribution in [0.1, 0.15) is 11.1 Å². The highest BCUT2D eigenvalue weighted by atomic mass is 15.1. The van der Waals surface area contributed by atoms with E-state index in [1.54, 1.807) is 0 Å². The molecule has 2 aromatic rings. The summed E-state index contributed by atoms with van der Waals surface area (Å²) in [5.74, 6) is 0. The largest absolute Gasteiger partial charge is 0.378 e. The second kappa shape index (κ2) is 8.93. The van der Waals surface area contributed by atoms with Crippen LogP contribution in [0, 0.1) is 45.3 Å². The minimum absolute atomic E-state index is 0.156. The Kier molecular flexibility index (Phi) is 6.11. The van der Waals surface area contributed by atoms with Crippen LogP contribution in [0.5, 0.6) is 0 Å². The molecule has 0 radical (unpaired) electrons. The highest BCUT2D eigenvalue weighted by Crippen LogP contribution is 2.48. The molecule has 0 aromatic heterocycles. The number of benzene rings is 2. The zero-order chi connectivity index (χ0) is 23.4. The average Bonchev–Trinajstić information content (AvgIpc) is 3.14. The summed E-state index contributed by atoms with van der Waals surface area (Å²) in [6.45, 7) is 0. The van der Waals surface area contributed by atoms with Crippen molar-refractivity contribution in [2.24, 2.45) is 0 Å². The normalized spacial score (nSPS) is 12.6. The molecule has 154 valence electrons. The van der Waals surface area contributed by atoms with Crippen molar-refractivity contribution in [1.82, 2.24) is 0 Å². The highest BCUT2D eigenvalue weighted by molar-refractivity contribution is 6.11. The first-order valence-corrected chi connectivity index (χ1v) is 9.77. The molecule has 32 heavy (non-hydrogen) atoms. The summed E-state index contributed by atoms with van der Waals surface area (Å²) in [4.78, 5) is 3.90. The Morgan fingerprint density at radius 1 is 0.594 bits per heavy atom. The molecule has 0 bridgehead atoms. The van der Waals surface area contributed by atoms with Gasteiger partial charge in [0, 0.05) is 56.3 Å². The van der Waals surface area contributed by atoms with E-state index in [4.69, 9.17) is 0 Å². The van der Waals surface area contributed by atoms with E-state index in [9.17, 15) is 21.0 Å². The molecule has 0 saturated carbocycles. The van der Waals surface area contributed by atoms with Gasteiger partial charge in [-0.3, -0.25) is 0 Å². The number of nitrogens with zero attached hydrogens (tertiary/aromatic N) is 6. The summed E-state index contributed by atoms with van der Waals surface area (Å²) < 4.78 is 0. The van der Waals surface area contributed by atoms with Crippen molar-refractivity contribution in [3.05, 3.63) is 82.0 Å². The van der Waals surface area contributed by atoms with E-state index in [0.717, 1.165) is 11.4 Å². The molecule has 6 nitrogen and oxygen atoms in total. The number of rotatable bonds is 4. The fourth-order valence-corrected chi connectivity index (χ4v) is 3.67. The molecule has 0 aliphatic heterocycles. The number of nitriles is 4. The number of anilines is 2. The molecule has 0 atom stereocenters. The Labute approximate surface area is 188 Å². The van der Waals surface area contributed by atoms with Crippen molar-refractivity contribution >= 4 is 22.5 Å². The predicted octanol–water partition coefficient (Wildman–Crippen LogP) is 4.43. The number of allylic oxidation sites excluding steroid dienone is 6. The van der Waals surface area contributed by atoms with Crippen LogP contribution in [-0.2, 0) is 0 Å². The smallest absolute Gasteiger partial charge is 0.138 e. The van der Waals surface area contributed by atoms with Crippen molar-refractivity contribution in [3.63, 3.8) is 0 Å². The maximum Gasteiger partial charge on any atom is 0.138 e. The lowest BCUT2D eigenvalue weighted by Gasteiger charge is -2.14. The van der Waals surface area contributed by atoms with E-state index in [1.807, 2.05) is 98.7 Å². The molecule has 0 heterocycles. The Morgan fingerprint density at radius 3 is 1.34 bits per heavy atom. The lowest BCUT2D eigenvalue weighted by Crippen LogP contribution is -2.08. The molecule has 2 aromatic carbocycles. The van der Waals surface area contributed by atoms with Gasteiger partial charge in [0.05, 0.1) is 11.1 Å². The summed E-state index contributed by atoms with van der Waals surface area (Å²) in [5.41, 5.74) is 4.58. The van der Waals surface area contributed by atoms with Gasteiger partial charge < -0.3 is 9.80 Å². The molecule has 1 aliphatic rings. The Morgan fingerprint density at radius 2 is 1.00 bits per heavy atom. The number of hydrogen-bond acceptors (Lipinski definition) is 6. The summed E-state index contributed by atoms with van der Waals surface area (Å²) >= 11 is 0. The maximum absolute atomic E-state index is 10.1. The topological polar surface area (TPSA) is 102 Å². The first-order valence-electron chi connectivity index (χ1n) is 9.77. The van der Waals surface area contributed by atoms with Crippen LogP contribution in [0.3, 0.4) is 0 Å². The van der Waals surface area contributed by atoms with E-state index >= 15 is 0 Å². The fraction of sp³-hybridized carbons (Fsp3) is 0.154. The van der Waals surface area contributed by atoms with Crippen molar-refractivity contribution in [2.45, 2.75) is 0 Å². The average molecular weight is 416 g/mol. The molecule has 0 fully saturated rings. The first kappa shape index (κ1) is 21.9. The third kappa shape index (κ3) is 3.70. The van der Waals surface area contributed by atoms with Crippen LogP contribution < -0.4 is 9.80 Å². The van der Waals surface area contributed by atoms with E-state index in [-0.39, 0.29) is 22.3 Å². The molecule has 0 amide bonds. The van der Waals surface area contributed by atoms with Gasteiger partial charge >= 0.3 is 0 Å². The number of hydrogen-bond donors (Lipinski definition) is 0. The quantitative estimate of drug-likeness (QED) is 0.683. The molecule has 0 spiro atoms. The molecule has 6 heteroatoms. The van der Waals surface area contributed by atoms with E-state index in [1.165, 1.54) is 0 Å². The predicted molar refractivity (Wildman–Crippen MR) is 125 cm³/mol. The summed E-state index contributed by atoms with van der Waals surface area (Å²) in [6.07, 6.45) is 0. The van der Waals surface area contributed by atoms with Gasteiger partial charge in [0.25, 0.3) is 0 Å². The van der Waals surface area contributed by atoms with Gasteiger partial charge in [-0.05, 0) is 35.4 Å². The molecule has 0 unspecified atom stereocenters. The van der Waals surface area contributed by atoms with Gasteiger partial charge in [-0.25, -0.2) is 0 Å². The van der Waals surface area contributed by atoms with Crippen molar-refractivity contribution in [3.8, 4) is 24.3 Å². The van der Waals surface area contributed by atoms with Crippen LogP contribution in [0.2, 0.25) is 0 Å². The summed E-state index contributed by atoms with van der Waals surface area (Å²) in [5, 5.41) is 39.4. The van der Waals surface area contributed by atoms with E-state index in [2.05, 4.69) is 12.1 Å². The second-order valence-corrected chi connectivity index (χ2v) is 7.58. The molecular weight excluding hydrogens is 396 g/mol. The van der Waals surface area contributed by atoms with Gasteiger partial charge in [-0.2, -0.15) is 21.0 Å². The van der Waals surface area contributed by atoms with Crippen molar-refractivity contribution < 1.29 is 0 Å². The van der Waals surface area contributed by atoms with E-state index < -0.39 is 0 Å². The van der Waals surface area contributed by atoms with Crippen molar-refractivity contribution in [1.29, 1.82) is 21.0 Å². The van der Waals surface area contributed by atoms with Crippen LogP contribution in [0.4, 0.5) is 11.4 Å². The lowest BCUT2D eigenvalue weighted by atomic mass is 9.92. The highest BCUT2D eigenvalue weighted by Gasteiger charge is 2.34. The van der Waals surface area contributed by atoms with Crippen molar-refractivity contribution in [2.75, 3.05) is 38.0 Å². The molecule has 3 rings (SSSR count). The second-order valence-electron chi connectivity index (χ2n) is 7.58. The molecule has 1 aliphatic carbocycles.